The number of hydrogen-bond donors (Lipinski definition) is 1. The van der Waals surface area contributed by atoms with E-state index in [-0.39, 0.29) is 12.2 Å². The molecule has 0 aromatic rings. The van der Waals surface area contributed by atoms with E-state index in [0.717, 1.165) is 31.1 Å². The van der Waals surface area contributed by atoms with Gasteiger partial charge in [0.2, 0.25) is 0 Å². The van der Waals surface area contributed by atoms with Crippen LogP contribution in [-0.2, 0) is 4.74 Å². The van der Waals surface area contributed by atoms with Gasteiger partial charge in [-0.25, -0.2) is 0 Å². The first-order valence-electron chi connectivity index (χ1n) is 9.09. The summed E-state index contributed by atoms with van der Waals surface area (Å²) in [5, 5.41) is 10.4. The molecule has 0 amide bonds. The third kappa shape index (κ3) is 2.37. The van der Waals surface area contributed by atoms with E-state index in [9.17, 15) is 5.11 Å². The van der Waals surface area contributed by atoms with E-state index >= 15 is 0 Å². The summed E-state index contributed by atoms with van der Waals surface area (Å²) in [5.41, 5.74) is 0.705. The molecule has 3 rings (SSSR count). The monoisotopic (exact) mass is 294 g/mol. The van der Waals surface area contributed by atoms with E-state index in [1.165, 1.54) is 19.3 Å². The maximum atomic E-state index is 10.4. The molecule has 0 aliphatic heterocycles. The van der Waals surface area contributed by atoms with Crippen molar-refractivity contribution in [3.8, 4) is 0 Å². The predicted molar refractivity (Wildman–Crippen MR) is 86.1 cm³/mol. The molecule has 122 valence electrons. The maximum absolute atomic E-state index is 10.4. The summed E-state index contributed by atoms with van der Waals surface area (Å²) in [6.07, 6.45) is 7.19. The molecule has 3 aliphatic rings. The van der Waals surface area contributed by atoms with Crippen molar-refractivity contribution < 1.29 is 9.84 Å². The van der Waals surface area contributed by atoms with Crippen LogP contribution in [0.15, 0.2) is 0 Å². The van der Waals surface area contributed by atoms with E-state index in [1.54, 1.807) is 0 Å². The molecule has 21 heavy (non-hydrogen) atoms. The van der Waals surface area contributed by atoms with Crippen LogP contribution in [-0.4, -0.2) is 23.4 Å². The first kappa shape index (κ1) is 15.8. The summed E-state index contributed by atoms with van der Waals surface area (Å²) < 4.78 is 6.57. The molecular weight excluding hydrogens is 260 g/mol. The molecule has 0 radical (unpaired) electrons. The van der Waals surface area contributed by atoms with Crippen LogP contribution in [0, 0.1) is 28.6 Å². The Bertz CT molecular complexity index is 389. The number of fused-ring (bicyclic) bond motifs is 2. The van der Waals surface area contributed by atoms with Gasteiger partial charge in [-0.15, -0.1) is 0 Å². The van der Waals surface area contributed by atoms with Gasteiger partial charge in [-0.2, -0.15) is 0 Å². The lowest BCUT2D eigenvalue weighted by Crippen LogP contribution is -2.44. The lowest BCUT2D eigenvalue weighted by Gasteiger charge is -2.43. The van der Waals surface area contributed by atoms with Crippen LogP contribution in [0.1, 0.15) is 73.1 Å². The second-order valence-corrected chi connectivity index (χ2v) is 9.16. The molecule has 6 unspecified atom stereocenters. The lowest BCUT2D eigenvalue weighted by atomic mass is 9.70. The minimum absolute atomic E-state index is 0.0723. The molecule has 0 saturated heterocycles. The molecule has 0 aromatic heterocycles. The minimum Gasteiger partial charge on any atom is -0.390 e. The Kier molecular flexibility index (Phi) is 3.94. The summed E-state index contributed by atoms with van der Waals surface area (Å²) in [7, 11) is 0. The minimum atomic E-state index is -0.245. The zero-order chi connectivity index (χ0) is 15.4. The van der Waals surface area contributed by atoms with E-state index < -0.39 is 0 Å². The first-order chi connectivity index (χ1) is 9.75. The zero-order valence-electron chi connectivity index (χ0n) is 14.6. The average Bonchev–Trinajstić information content (AvgIpc) is 2.74. The molecule has 0 aromatic carbocycles. The fourth-order valence-electron chi connectivity index (χ4n) is 5.44. The van der Waals surface area contributed by atoms with Crippen molar-refractivity contribution in [2.24, 2.45) is 28.6 Å². The first-order valence-corrected chi connectivity index (χ1v) is 9.09. The van der Waals surface area contributed by atoms with E-state index in [0.29, 0.717) is 22.9 Å². The SMILES string of the molecule is CC(C)C1CCC(O)C(OC2CC3CCC2(C)C3(C)C)C1. The van der Waals surface area contributed by atoms with Gasteiger partial charge in [0.1, 0.15) is 0 Å². The fraction of sp³-hybridized carbons (Fsp3) is 1.00. The van der Waals surface area contributed by atoms with Crippen molar-refractivity contribution in [3.63, 3.8) is 0 Å². The maximum Gasteiger partial charge on any atom is 0.0840 e. The molecule has 3 saturated carbocycles. The van der Waals surface area contributed by atoms with Gasteiger partial charge in [-0.1, -0.05) is 34.6 Å². The second kappa shape index (κ2) is 5.23. The van der Waals surface area contributed by atoms with E-state index in [2.05, 4.69) is 34.6 Å². The number of aliphatic hydroxyl groups is 1. The van der Waals surface area contributed by atoms with Crippen LogP contribution >= 0.6 is 0 Å². The second-order valence-electron chi connectivity index (χ2n) is 9.16. The van der Waals surface area contributed by atoms with Crippen LogP contribution in [0.4, 0.5) is 0 Å². The molecule has 2 nitrogen and oxygen atoms in total. The predicted octanol–water partition coefficient (Wildman–Crippen LogP) is 4.40. The number of aliphatic hydroxyl groups excluding tert-OH is 1. The Hall–Kier alpha value is -0.0800. The topological polar surface area (TPSA) is 29.5 Å². The van der Waals surface area contributed by atoms with Gasteiger partial charge in [-0.3, -0.25) is 0 Å². The normalized spacial score (nSPS) is 49.0. The Morgan fingerprint density at radius 2 is 1.76 bits per heavy atom. The molecule has 0 heterocycles. The smallest absolute Gasteiger partial charge is 0.0840 e. The Morgan fingerprint density at radius 3 is 2.29 bits per heavy atom. The Balaban J connectivity index is 1.69. The average molecular weight is 294 g/mol. The van der Waals surface area contributed by atoms with Crippen LogP contribution in [0.5, 0.6) is 0 Å². The highest BCUT2D eigenvalue weighted by molar-refractivity contribution is 5.11. The zero-order valence-corrected chi connectivity index (χ0v) is 14.6. The number of ether oxygens (including phenoxy) is 1. The fourth-order valence-corrected chi connectivity index (χ4v) is 5.44. The summed E-state index contributed by atoms with van der Waals surface area (Å²) in [4.78, 5) is 0. The highest BCUT2D eigenvalue weighted by Crippen LogP contribution is 2.66. The number of hydrogen-bond acceptors (Lipinski definition) is 2. The highest BCUT2D eigenvalue weighted by Gasteiger charge is 2.62. The van der Waals surface area contributed by atoms with Gasteiger partial charge >= 0.3 is 0 Å². The van der Waals surface area contributed by atoms with Gasteiger partial charge in [0.25, 0.3) is 0 Å². The molecule has 2 heteroatoms. The Labute approximate surface area is 130 Å². The van der Waals surface area contributed by atoms with Crippen LogP contribution in [0.3, 0.4) is 0 Å². The van der Waals surface area contributed by atoms with Crippen molar-refractivity contribution >= 4 is 0 Å². The third-order valence-electron chi connectivity index (χ3n) is 7.79. The van der Waals surface area contributed by atoms with Crippen molar-refractivity contribution in [1.82, 2.24) is 0 Å². The van der Waals surface area contributed by atoms with Gasteiger partial charge in [0.05, 0.1) is 18.3 Å². The molecular formula is C19H34O2. The van der Waals surface area contributed by atoms with E-state index in [1.807, 2.05) is 0 Å². The van der Waals surface area contributed by atoms with Gasteiger partial charge in [-0.05, 0) is 67.1 Å². The van der Waals surface area contributed by atoms with Gasteiger partial charge in [0.15, 0.2) is 0 Å². The molecule has 2 bridgehead atoms. The van der Waals surface area contributed by atoms with Crippen molar-refractivity contribution in [3.05, 3.63) is 0 Å². The molecule has 0 spiro atoms. The molecule has 6 atom stereocenters. The number of rotatable bonds is 3. The summed E-state index contributed by atoms with van der Waals surface area (Å²) in [6, 6.07) is 0. The van der Waals surface area contributed by atoms with E-state index in [4.69, 9.17) is 4.74 Å². The van der Waals surface area contributed by atoms with Crippen molar-refractivity contribution in [2.45, 2.75) is 91.5 Å². The largest absolute Gasteiger partial charge is 0.390 e. The van der Waals surface area contributed by atoms with Gasteiger partial charge in [0, 0.05) is 0 Å². The van der Waals surface area contributed by atoms with Gasteiger partial charge < -0.3 is 9.84 Å². The summed E-state index contributed by atoms with van der Waals surface area (Å²) in [6.45, 7) is 11.9. The van der Waals surface area contributed by atoms with Crippen LogP contribution in [0.2, 0.25) is 0 Å². The molecule has 1 N–H and O–H groups in total. The highest BCUT2D eigenvalue weighted by atomic mass is 16.5. The summed E-state index contributed by atoms with van der Waals surface area (Å²) >= 11 is 0. The summed E-state index contributed by atoms with van der Waals surface area (Å²) in [5.74, 6) is 2.24. The molecule has 3 aliphatic carbocycles. The van der Waals surface area contributed by atoms with Crippen molar-refractivity contribution in [2.75, 3.05) is 0 Å². The van der Waals surface area contributed by atoms with Crippen LogP contribution in [0.25, 0.3) is 0 Å². The standard InChI is InChI=1S/C19H34O2/c1-12(2)13-6-7-15(20)16(10-13)21-17-11-14-8-9-19(17,5)18(14,3)4/h12-17,20H,6-11H2,1-5H3. The lowest BCUT2D eigenvalue weighted by molar-refractivity contribution is -0.145. The quantitative estimate of drug-likeness (QED) is 0.836. The van der Waals surface area contributed by atoms with Crippen LogP contribution < -0.4 is 0 Å². The van der Waals surface area contributed by atoms with Crippen molar-refractivity contribution in [1.29, 1.82) is 0 Å². The molecule has 3 fully saturated rings. The Morgan fingerprint density at radius 1 is 1.05 bits per heavy atom. The third-order valence-corrected chi connectivity index (χ3v) is 7.79.